The topological polar surface area (TPSA) is 49.8 Å². The average Bonchev–Trinajstić information content (AvgIpc) is 2.47. The monoisotopic (exact) mass is 244 g/mol. The van der Waals surface area contributed by atoms with Gasteiger partial charge in [0, 0.05) is 5.69 Å². The fourth-order valence-electron chi connectivity index (χ4n) is 2.30. The first kappa shape index (κ1) is 11.3. The predicted molar refractivity (Wildman–Crippen MR) is 78.5 cm³/mol. The maximum absolute atomic E-state index is 9.07. The van der Waals surface area contributed by atoms with E-state index >= 15 is 0 Å². The number of nitrogens with zero attached hydrogens (tertiary/aromatic N) is 1. The van der Waals surface area contributed by atoms with Crippen LogP contribution in [0.25, 0.3) is 21.9 Å². The largest absolute Gasteiger partial charge is 0.398 e. The first-order valence-corrected chi connectivity index (χ1v) is 6.07. The highest BCUT2D eigenvalue weighted by Crippen LogP contribution is 2.30. The van der Waals surface area contributed by atoms with E-state index in [9.17, 15) is 0 Å². The molecule has 2 N–H and O–H groups in total. The fourth-order valence-corrected chi connectivity index (χ4v) is 2.30. The highest BCUT2D eigenvalue weighted by molar-refractivity contribution is 5.97. The van der Waals surface area contributed by atoms with Gasteiger partial charge in [0.05, 0.1) is 5.56 Å². The van der Waals surface area contributed by atoms with Crippen LogP contribution in [0, 0.1) is 11.3 Å². The van der Waals surface area contributed by atoms with Gasteiger partial charge < -0.3 is 5.73 Å². The molecule has 0 saturated carbocycles. The van der Waals surface area contributed by atoms with Crippen LogP contribution in [0.2, 0.25) is 0 Å². The third-order valence-corrected chi connectivity index (χ3v) is 3.27. The molecule has 3 aromatic rings. The first-order valence-electron chi connectivity index (χ1n) is 6.07. The summed E-state index contributed by atoms with van der Waals surface area (Å²) in [6.07, 6.45) is 0. The summed E-state index contributed by atoms with van der Waals surface area (Å²) < 4.78 is 0. The molecule has 0 saturated heterocycles. The smallest absolute Gasteiger partial charge is 0.101 e. The lowest BCUT2D eigenvalue weighted by atomic mass is 9.97. The molecule has 2 nitrogen and oxygen atoms in total. The van der Waals surface area contributed by atoms with Crippen molar-refractivity contribution >= 4 is 16.5 Å². The summed E-state index contributed by atoms with van der Waals surface area (Å²) in [4.78, 5) is 0. The number of nitriles is 1. The fraction of sp³-hybridized carbons (Fsp3) is 0. The highest BCUT2D eigenvalue weighted by atomic mass is 14.6. The van der Waals surface area contributed by atoms with Crippen LogP contribution in [0.15, 0.2) is 60.7 Å². The Morgan fingerprint density at radius 1 is 0.895 bits per heavy atom. The third kappa shape index (κ3) is 1.92. The number of hydrogen-bond acceptors (Lipinski definition) is 2. The van der Waals surface area contributed by atoms with Crippen molar-refractivity contribution in [3.8, 4) is 17.2 Å². The van der Waals surface area contributed by atoms with Crippen molar-refractivity contribution in [3.05, 3.63) is 66.2 Å². The van der Waals surface area contributed by atoms with E-state index in [1.54, 1.807) is 6.07 Å². The molecule has 0 unspecified atom stereocenters. The molecule has 3 rings (SSSR count). The van der Waals surface area contributed by atoms with Gasteiger partial charge >= 0.3 is 0 Å². The minimum atomic E-state index is 0.519. The van der Waals surface area contributed by atoms with Gasteiger partial charge in [0.25, 0.3) is 0 Å². The summed E-state index contributed by atoms with van der Waals surface area (Å²) in [5.74, 6) is 0. The second kappa shape index (κ2) is 4.47. The Kier molecular flexibility index (Phi) is 2.66. The molecule has 0 spiro atoms. The van der Waals surface area contributed by atoms with Crippen LogP contribution in [0.4, 0.5) is 5.69 Å². The Bertz CT molecular complexity index is 792. The van der Waals surface area contributed by atoms with Gasteiger partial charge in [-0.25, -0.2) is 0 Å². The number of benzene rings is 3. The molecule has 0 atom stereocenters. The Morgan fingerprint density at radius 3 is 2.53 bits per heavy atom. The average molecular weight is 244 g/mol. The molecule has 0 radical (unpaired) electrons. The van der Waals surface area contributed by atoms with Crippen LogP contribution in [0.5, 0.6) is 0 Å². The summed E-state index contributed by atoms with van der Waals surface area (Å²) in [6, 6.07) is 22.1. The van der Waals surface area contributed by atoms with Gasteiger partial charge in [-0.3, -0.25) is 0 Å². The standard InChI is InChI=1S/C17H12N2/c18-11-14-10-13(8-9-17(14)19)16-7-3-5-12-4-1-2-6-15(12)16/h1-10H,19H2. The quantitative estimate of drug-likeness (QED) is 0.659. The number of hydrogen-bond donors (Lipinski definition) is 1. The third-order valence-electron chi connectivity index (χ3n) is 3.27. The maximum atomic E-state index is 9.07. The van der Waals surface area contributed by atoms with Crippen LogP contribution in [0.3, 0.4) is 0 Å². The molecular formula is C17H12N2. The Hall–Kier alpha value is -2.79. The second-order valence-corrected chi connectivity index (χ2v) is 4.44. The van der Waals surface area contributed by atoms with Crippen LogP contribution >= 0.6 is 0 Å². The summed E-state index contributed by atoms with van der Waals surface area (Å²) in [5, 5.41) is 11.4. The first-order chi connectivity index (χ1) is 9.29. The zero-order valence-corrected chi connectivity index (χ0v) is 10.3. The summed E-state index contributed by atoms with van der Waals surface area (Å²) >= 11 is 0. The lowest BCUT2D eigenvalue weighted by Gasteiger charge is -2.08. The SMILES string of the molecule is N#Cc1cc(-c2cccc3ccccc23)ccc1N. The zero-order chi connectivity index (χ0) is 13.2. The number of rotatable bonds is 1. The lowest BCUT2D eigenvalue weighted by molar-refractivity contribution is 1.48. The van der Waals surface area contributed by atoms with E-state index in [0.29, 0.717) is 11.3 Å². The Labute approximate surface area is 111 Å². The Morgan fingerprint density at radius 2 is 1.68 bits per heavy atom. The molecule has 90 valence electrons. The van der Waals surface area contributed by atoms with E-state index in [-0.39, 0.29) is 0 Å². The van der Waals surface area contributed by atoms with E-state index in [1.807, 2.05) is 30.3 Å². The van der Waals surface area contributed by atoms with Crippen molar-refractivity contribution in [2.24, 2.45) is 0 Å². The van der Waals surface area contributed by atoms with Crippen LogP contribution in [0.1, 0.15) is 5.56 Å². The van der Waals surface area contributed by atoms with Gasteiger partial charge in [-0.15, -0.1) is 0 Å². The minimum absolute atomic E-state index is 0.519. The van der Waals surface area contributed by atoms with Crippen molar-refractivity contribution in [2.75, 3.05) is 5.73 Å². The summed E-state index contributed by atoms with van der Waals surface area (Å²) in [6.45, 7) is 0. The van der Waals surface area contributed by atoms with Crippen molar-refractivity contribution in [2.45, 2.75) is 0 Å². The van der Waals surface area contributed by atoms with Gasteiger partial charge in [0.15, 0.2) is 0 Å². The highest BCUT2D eigenvalue weighted by Gasteiger charge is 2.05. The molecule has 0 amide bonds. The molecule has 0 bridgehead atoms. The van der Waals surface area contributed by atoms with Crippen molar-refractivity contribution in [1.29, 1.82) is 5.26 Å². The predicted octanol–water partition coefficient (Wildman–Crippen LogP) is 3.96. The molecule has 19 heavy (non-hydrogen) atoms. The van der Waals surface area contributed by atoms with Gasteiger partial charge in [0.2, 0.25) is 0 Å². The van der Waals surface area contributed by atoms with Crippen molar-refractivity contribution < 1.29 is 0 Å². The Balaban J connectivity index is 2.28. The molecule has 0 aliphatic rings. The molecular weight excluding hydrogens is 232 g/mol. The number of fused-ring (bicyclic) bond motifs is 1. The van der Waals surface area contributed by atoms with E-state index in [2.05, 4.69) is 30.3 Å². The number of anilines is 1. The van der Waals surface area contributed by atoms with Gasteiger partial charge in [0.1, 0.15) is 6.07 Å². The van der Waals surface area contributed by atoms with Crippen molar-refractivity contribution in [3.63, 3.8) is 0 Å². The van der Waals surface area contributed by atoms with E-state index in [1.165, 1.54) is 10.8 Å². The van der Waals surface area contributed by atoms with Crippen LogP contribution in [-0.2, 0) is 0 Å². The summed E-state index contributed by atoms with van der Waals surface area (Å²) in [7, 11) is 0. The zero-order valence-electron chi connectivity index (χ0n) is 10.3. The van der Waals surface area contributed by atoms with Gasteiger partial charge in [-0.2, -0.15) is 5.26 Å². The number of nitrogens with two attached hydrogens (primary N) is 1. The van der Waals surface area contributed by atoms with E-state index < -0.39 is 0 Å². The minimum Gasteiger partial charge on any atom is -0.398 e. The number of nitrogen functional groups attached to an aromatic ring is 1. The molecule has 3 aromatic carbocycles. The van der Waals surface area contributed by atoms with Gasteiger partial charge in [-0.1, -0.05) is 48.5 Å². The van der Waals surface area contributed by atoms with Crippen LogP contribution < -0.4 is 5.73 Å². The maximum Gasteiger partial charge on any atom is 0.101 e. The lowest BCUT2D eigenvalue weighted by Crippen LogP contribution is -1.91. The van der Waals surface area contributed by atoms with Crippen LogP contribution in [-0.4, -0.2) is 0 Å². The molecule has 0 aromatic heterocycles. The van der Waals surface area contributed by atoms with Gasteiger partial charge in [-0.05, 0) is 34.0 Å². The normalized spacial score (nSPS) is 10.3. The summed E-state index contributed by atoms with van der Waals surface area (Å²) in [5.41, 5.74) is 8.94. The van der Waals surface area contributed by atoms with E-state index in [4.69, 9.17) is 11.0 Å². The molecule has 0 aliphatic carbocycles. The molecule has 2 heteroatoms. The van der Waals surface area contributed by atoms with E-state index in [0.717, 1.165) is 11.1 Å². The molecule has 0 aliphatic heterocycles. The molecule has 0 heterocycles. The van der Waals surface area contributed by atoms with Crippen molar-refractivity contribution in [1.82, 2.24) is 0 Å². The second-order valence-electron chi connectivity index (χ2n) is 4.44. The molecule has 0 fully saturated rings.